The smallest absolute Gasteiger partial charge is 0.293 e. The summed E-state index contributed by atoms with van der Waals surface area (Å²) in [5.41, 5.74) is 1.55. The van der Waals surface area contributed by atoms with Gasteiger partial charge in [-0.1, -0.05) is 17.7 Å². The van der Waals surface area contributed by atoms with Crippen LogP contribution >= 0.6 is 11.6 Å². The molecule has 0 aliphatic rings. The van der Waals surface area contributed by atoms with Crippen molar-refractivity contribution in [1.82, 2.24) is 9.55 Å². The Morgan fingerprint density at radius 2 is 2.18 bits per heavy atom. The topological polar surface area (TPSA) is 46.9 Å². The third kappa shape index (κ3) is 2.47. The molecule has 5 heteroatoms. The van der Waals surface area contributed by atoms with Crippen molar-refractivity contribution in [3.8, 4) is 0 Å². The Labute approximate surface area is 104 Å². The van der Waals surface area contributed by atoms with Crippen molar-refractivity contribution >= 4 is 23.1 Å². The monoisotopic (exact) mass is 249 g/mol. The average Bonchev–Trinajstić information content (AvgIpc) is 2.28. The fourth-order valence-corrected chi connectivity index (χ4v) is 1.71. The van der Waals surface area contributed by atoms with Crippen LogP contribution < -0.4 is 10.9 Å². The molecule has 0 saturated carbocycles. The molecule has 2 aromatic rings. The van der Waals surface area contributed by atoms with Gasteiger partial charge >= 0.3 is 0 Å². The number of halogens is 1. The first-order chi connectivity index (χ1) is 8.08. The average molecular weight is 250 g/mol. The van der Waals surface area contributed by atoms with Crippen LogP contribution in [0.15, 0.2) is 35.4 Å². The quantitative estimate of drug-likeness (QED) is 0.890. The molecule has 2 rings (SSSR count). The fourth-order valence-electron chi connectivity index (χ4n) is 1.43. The molecule has 1 heterocycles. The molecule has 0 aliphatic heterocycles. The Kier molecular flexibility index (Phi) is 3.15. The molecule has 0 spiro atoms. The molecule has 1 N–H and O–H groups in total. The highest BCUT2D eigenvalue weighted by molar-refractivity contribution is 6.33. The number of hydrogen-bond acceptors (Lipinski definition) is 3. The Balaban J connectivity index is 2.38. The normalized spacial score (nSPS) is 10.3. The zero-order valence-corrected chi connectivity index (χ0v) is 10.3. The van der Waals surface area contributed by atoms with Gasteiger partial charge in [-0.2, -0.15) is 0 Å². The van der Waals surface area contributed by atoms with Gasteiger partial charge in [-0.25, -0.2) is 4.98 Å². The predicted molar refractivity (Wildman–Crippen MR) is 68.9 cm³/mol. The summed E-state index contributed by atoms with van der Waals surface area (Å²) in [5, 5.41) is 3.50. The number of anilines is 2. The molecule has 0 bridgehead atoms. The van der Waals surface area contributed by atoms with E-state index in [1.165, 1.54) is 4.57 Å². The Bertz CT molecular complexity index is 607. The second-order valence-corrected chi connectivity index (χ2v) is 4.21. The van der Waals surface area contributed by atoms with Crippen molar-refractivity contribution in [2.75, 3.05) is 5.32 Å². The van der Waals surface area contributed by atoms with Gasteiger partial charge in [0.15, 0.2) is 5.82 Å². The lowest BCUT2D eigenvalue weighted by Crippen LogP contribution is -2.20. The molecule has 88 valence electrons. The van der Waals surface area contributed by atoms with Crippen LogP contribution in [-0.2, 0) is 7.05 Å². The van der Waals surface area contributed by atoms with Crippen molar-refractivity contribution in [3.05, 3.63) is 51.5 Å². The van der Waals surface area contributed by atoms with Crippen molar-refractivity contribution in [3.63, 3.8) is 0 Å². The molecule has 0 unspecified atom stereocenters. The van der Waals surface area contributed by atoms with Crippen molar-refractivity contribution in [1.29, 1.82) is 0 Å². The van der Waals surface area contributed by atoms with Gasteiger partial charge in [0, 0.05) is 19.4 Å². The minimum atomic E-state index is -0.191. The van der Waals surface area contributed by atoms with E-state index in [2.05, 4.69) is 10.3 Å². The standard InChI is InChI=1S/C12H12ClN3O/c1-8-3-4-10(9(13)7-8)15-11-12(17)16(2)6-5-14-11/h3-7H,1-2H3,(H,14,15). The van der Waals surface area contributed by atoms with Gasteiger partial charge in [-0.15, -0.1) is 0 Å². The Morgan fingerprint density at radius 1 is 1.41 bits per heavy atom. The first-order valence-electron chi connectivity index (χ1n) is 5.13. The molecule has 4 nitrogen and oxygen atoms in total. The van der Waals surface area contributed by atoms with Crippen LogP contribution in [0.5, 0.6) is 0 Å². The molecule has 17 heavy (non-hydrogen) atoms. The number of rotatable bonds is 2. The van der Waals surface area contributed by atoms with Crippen LogP contribution in [0, 0.1) is 6.92 Å². The highest BCUT2D eigenvalue weighted by Gasteiger charge is 2.05. The summed E-state index contributed by atoms with van der Waals surface area (Å²) in [6.07, 6.45) is 3.16. The molecule has 1 aromatic carbocycles. The molecular formula is C12H12ClN3O. The number of aryl methyl sites for hydroxylation is 2. The first kappa shape index (κ1) is 11.7. The van der Waals surface area contributed by atoms with E-state index in [0.717, 1.165) is 5.56 Å². The second-order valence-electron chi connectivity index (χ2n) is 3.80. The van der Waals surface area contributed by atoms with E-state index in [0.29, 0.717) is 10.7 Å². The molecule has 0 fully saturated rings. The third-order valence-corrected chi connectivity index (χ3v) is 2.71. The lowest BCUT2D eigenvalue weighted by Gasteiger charge is -2.08. The number of nitrogens with one attached hydrogen (secondary N) is 1. The van der Waals surface area contributed by atoms with Crippen LogP contribution in [0.4, 0.5) is 11.5 Å². The summed E-state index contributed by atoms with van der Waals surface area (Å²) in [6.45, 7) is 1.95. The second kappa shape index (κ2) is 4.59. The van der Waals surface area contributed by atoms with Gasteiger partial charge in [-0.05, 0) is 24.6 Å². The summed E-state index contributed by atoms with van der Waals surface area (Å²) in [6, 6.07) is 5.57. The minimum Gasteiger partial charge on any atom is -0.334 e. The lowest BCUT2D eigenvalue weighted by molar-refractivity contribution is 0.845. The highest BCUT2D eigenvalue weighted by atomic mass is 35.5. The maximum Gasteiger partial charge on any atom is 0.293 e. The third-order valence-electron chi connectivity index (χ3n) is 2.39. The summed E-state index contributed by atoms with van der Waals surface area (Å²) < 4.78 is 1.46. The van der Waals surface area contributed by atoms with Gasteiger partial charge in [0.25, 0.3) is 5.56 Å². The van der Waals surface area contributed by atoms with Crippen molar-refractivity contribution < 1.29 is 0 Å². The maximum absolute atomic E-state index is 11.7. The summed E-state index contributed by atoms with van der Waals surface area (Å²) in [7, 11) is 1.67. The molecule has 0 radical (unpaired) electrons. The molecule has 0 amide bonds. The fraction of sp³-hybridized carbons (Fsp3) is 0.167. The Hall–Kier alpha value is -1.81. The zero-order valence-electron chi connectivity index (χ0n) is 9.57. The van der Waals surface area contributed by atoms with Crippen LogP contribution in [0.25, 0.3) is 0 Å². The number of aromatic nitrogens is 2. The number of nitrogens with zero attached hydrogens (tertiary/aromatic N) is 2. The molecule has 0 atom stereocenters. The van der Waals surface area contributed by atoms with E-state index in [1.54, 1.807) is 19.4 Å². The van der Waals surface area contributed by atoms with E-state index >= 15 is 0 Å². The lowest BCUT2D eigenvalue weighted by atomic mass is 10.2. The molecule has 0 aliphatic carbocycles. The van der Waals surface area contributed by atoms with Crippen molar-refractivity contribution in [2.24, 2.45) is 7.05 Å². The van der Waals surface area contributed by atoms with E-state index in [4.69, 9.17) is 11.6 Å². The molecular weight excluding hydrogens is 238 g/mol. The van der Waals surface area contributed by atoms with Gasteiger partial charge in [-0.3, -0.25) is 4.79 Å². The zero-order chi connectivity index (χ0) is 12.4. The molecule has 0 saturated heterocycles. The van der Waals surface area contributed by atoms with E-state index < -0.39 is 0 Å². The first-order valence-corrected chi connectivity index (χ1v) is 5.50. The maximum atomic E-state index is 11.7. The highest BCUT2D eigenvalue weighted by Crippen LogP contribution is 2.24. The van der Waals surface area contributed by atoms with Gasteiger partial charge < -0.3 is 9.88 Å². The summed E-state index contributed by atoms with van der Waals surface area (Å²) in [5.74, 6) is 0.265. The SMILES string of the molecule is Cc1ccc(Nc2nccn(C)c2=O)c(Cl)c1. The van der Waals surface area contributed by atoms with Crippen LogP contribution in [0.3, 0.4) is 0 Å². The van der Waals surface area contributed by atoms with Gasteiger partial charge in [0.05, 0.1) is 10.7 Å². The summed E-state index contributed by atoms with van der Waals surface area (Å²) in [4.78, 5) is 15.7. The molecule has 1 aromatic heterocycles. The van der Waals surface area contributed by atoms with Crippen molar-refractivity contribution in [2.45, 2.75) is 6.92 Å². The van der Waals surface area contributed by atoms with E-state index in [9.17, 15) is 4.79 Å². The van der Waals surface area contributed by atoms with Crippen LogP contribution in [0.1, 0.15) is 5.56 Å². The van der Waals surface area contributed by atoms with E-state index in [-0.39, 0.29) is 11.4 Å². The predicted octanol–water partition coefficient (Wildman–Crippen LogP) is 2.49. The Morgan fingerprint density at radius 3 is 2.88 bits per heavy atom. The van der Waals surface area contributed by atoms with E-state index in [1.807, 2.05) is 25.1 Å². The number of hydrogen-bond donors (Lipinski definition) is 1. The minimum absolute atomic E-state index is 0.191. The van der Waals surface area contributed by atoms with Crippen LogP contribution in [-0.4, -0.2) is 9.55 Å². The van der Waals surface area contributed by atoms with Gasteiger partial charge in [0.2, 0.25) is 0 Å². The largest absolute Gasteiger partial charge is 0.334 e. The number of benzene rings is 1. The summed E-state index contributed by atoms with van der Waals surface area (Å²) >= 11 is 6.07. The van der Waals surface area contributed by atoms with Crippen LogP contribution in [0.2, 0.25) is 5.02 Å². The van der Waals surface area contributed by atoms with Gasteiger partial charge in [0.1, 0.15) is 0 Å².